The van der Waals surface area contributed by atoms with Crippen LogP contribution in [0.15, 0.2) is 18.2 Å². The normalized spacial score (nSPS) is 16.8. The fraction of sp³-hybridized carbons (Fsp3) is 0.750. The third kappa shape index (κ3) is 6.98. The molecule has 0 spiro atoms. The fourth-order valence-corrected chi connectivity index (χ4v) is 4.22. The van der Waals surface area contributed by atoms with Crippen LogP contribution in [0.1, 0.15) is 16.7 Å². The topological polar surface area (TPSA) is 0 Å². The Morgan fingerprint density at radius 2 is 0.349 bits per heavy atom. The lowest BCUT2D eigenvalue weighted by molar-refractivity contribution is -0.445. The summed E-state index contributed by atoms with van der Waals surface area (Å²) in [6.45, 7) is 0. The van der Waals surface area contributed by atoms with Crippen molar-refractivity contribution in [3.63, 3.8) is 0 Å². The largest absolute Gasteiger partial charge is 0.460 e. The van der Waals surface area contributed by atoms with Crippen LogP contribution < -0.4 is 0 Å². The second-order valence-electron chi connectivity index (χ2n) is 11.8. The molecule has 0 aliphatic rings. The van der Waals surface area contributed by atoms with Crippen LogP contribution in [-0.4, -0.2) is 89.6 Å². The van der Waals surface area contributed by atoms with Gasteiger partial charge in [-0.05, 0) is 0 Å². The van der Waals surface area contributed by atoms with E-state index in [1.807, 2.05) is 0 Å². The van der Waals surface area contributed by atoms with E-state index in [9.17, 15) is 145 Å². The van der Waals surface area contributed by atoms with Crippen molar-refractivity contribution in [1.82, 2.24) is 0 Å². The molecule has 372 valence electrons. The summed E-state index contributed by atoms with van der Waals surface area (Å²) < 4.78 is 537. The Hall–Kier alpha value is -3.51. The molecule has 0 aromatic heterocycles. The lowest BCUT2D eigenvalue weighted by atomic mass is 9.79. The SMILES string of the molecule is FC(F)(F)C(F)(F)C(F)(F)C(F)(F)C(F)(F)C(F)(F)c1cccc(C(F)(F)C(F)(F)C(F)(F)C(F)(F)C(F)(F)C(F)(F)F)c1C(F)(F)C(F)(F)C(F)(F)C(F)(F)C(F)(F)C(F)(F)F. The van der Waals surface area contributed by atoms with Gasteiger partial charge in [0.05, 0.1) is 0 Å². The molecule has 0 heterocycles. The van der Waals surface area contributed by atoms with E-state index in [2.05, 4.69) is 0 Å². The number of alkyl halides is 39. The average Bonchev–Trinajstić information content (AvgIpc) is 3.05. The molecular formula is C24H3F39. The molecule has 1 rings (SSSR count). The predicted octanol–water partition coefficient (Wildman–Crippen LogP) is 14.3. The van der Waals surface area contributed by atoms with E-state index in [0.717, 1.165) is 0 Å². The molecule has 0 aliphatic carbocycles. The summed E-state index contributed by atoms with van der Waals surface area (Å²) in [6, 6.07) is -6.67. The molecule has 63 heavy (non-hydrogen) atoms. The van der Waals surface area contributed by atoms with Crippen LogP contribution in [0, 0.1) is 0 Å². The second kappa shape index (κ2) is 14.2. The first-order chi connectivity index (χ1) is 26.6. The lowest BCUT2D eigenvalue weighted by Gasteiger charge is -2.43. The van der Waals surface area contributed by atoms with Gasteiger partial charge in [0.1, 0.15) is 0 Å². The van der Waals surface area contributed by atoms with Crippen LogP contribution in [-0.2, 0) is 17.8 Å². The van der Waals surface area contributed by atoms with Gasteiger partial charge in [0.2, 0.25) is 0 Å². The molecule has 1 aromatic rings. The third-order valence-corrected chi connectivity index (χ3v) is 7.86. The first kappa shape index (κ1) is 57.5. The van der Waals surface area contributed by atoms with E-state index in [4.69, 9.17) is 0 Å². The molecule has 0 radical (unpaired) electrons. The van der Waals surface area contributed by atoms with Gasteiger partial charge in [0.25, 0.3) is 0 Å². The summed E-state index contributed by atoms with van der Waals surface area (Å²) in [5.74, 6) is -142. The van der Waals surface area contributed by atoms with Gasteiger partial charge in [-0.1, -0.05) is 18.2 Å². The fourth-order valence-electron chi connectivity index (χ4n) is 4.22. The predicted molar refractivity (Wildman–Crippen MR) is 116 cm³/mol. The maximum absolute atomic E-state index is 15.3. The smallest absolute Gasteiger partial charge is 0.194 e. The number of benzene rings is 1. The maximum atomic E-state index is 15.3. The van der Waals surface area contributed by atoms with Gasteiger partial charge in [0.15, 0.2) is 0 Å². The molecule has 1 aromatic carbocycles. The molecule has 0 aliphatic heterocycles. The van der Waals surface area contributed by atoms with E-state index >= 15 is 26.3 Å². The van der Waals surface area contributed by atoms with Gasteiger partial charge in [-0.15, -0.1) is 0 Å². The highest BCUT2D eigenvalue weighted by Crippen LogP contribution is 2.69. The summed E-state index contributed by atoms with van der Waals surface area (Å²) in [6.07, 6.45) is -25.5. The lowest BCUT2D eigenvalue weighted by Crippen LogP contribution is -2.71. The van der Waals surface area contributed by atoms with Crippen molar-refractivity contribution in [2.75, 3.05) is 0 Å². The standard InChI is InChI=1S/C24H3F39/c25-7(26,10(31,32)13(37,38)16(43,44)19(49,50)22(55,56)57)4-2-1-3-5(8(27,28)11(33,34)14(39,40)17(45,46)20(51,52)23(58,59)60)6(4)9(29,30)12(35,36)15(41,42)18(47,48)21(53,54)24(61,62)63/h1-3H. The minimum absolute atomic E-state index is 1.87. The van der Waals surface area contributed by atoms with Crippen LogP contribution in [0.4, 0.5) is 171 Å². The summed E-state index contributed by atoms with van der Waals surface area (Å²) in [4.78, 5) is 0. The number of hydrogen-bond donors (Lipinski definition) is 0. The highest BCUT2D eigenvalue weighted by molar-refractivity contribution is 5.48. The second-order valence-corrected chi connectivity index (χ2v) is 11.8. The van der Waals surface area contributed by atoms with E-state index in [-0.39, 0.29) is 0 Å². The molecule has 0 N–H and O–H groups in total. The molecule has 0 saturated carbocycles. The Morgan fingerprint density at radius 1 is 0.190 bits per heavy atom. The molecule has 0 amide bonds. The van der Waals surface area contributed by atoms with Crippen molar-refractivity contribution in [2.24, 2.45) is 0 Å². The first-order valence-corrected chi connectivity index (χ1v) is 13.6. The van der Waals surface area contributed by atoms with Crippen LogP contribution >= 0.6 is 0 Å². The van der Waals surface area contributed by atoms with Crippen molar-refractivity contribution < 1.29 is 171 Å². The van der Waals surface area contributed by atoms with Gasteiger partial charge in [-0.2, -0.15) is 171 Å². The molecular weight excluding hydrogens is 1030 g/mol. The van der Waals surface area contributed by atoms with Crippen LogP contribution in [0.2, 0.25) is 0 Å². The van der Waals surface area contributed by atoms with Crippen molar-refractivity contribution in [1.29, 1.82) is 0 Å². The highest BCUT2D eigenvalue weighted by Gasteiger charge is 2.95. The van der Waals surface area contributed by atoms with Crippen molar-refractivity contribution in [2.45, 2.75) is 107 Å². The van der Waals surface area contributed by atoms with E-state index in [1.165, 1.54) is 0 Å². The quantitative estimate of drug-likeness (QED) is 0.154. The zero-order chi connectivity index (χ0) is 51.9. The Labute approximate surface area is 314 Å². The number of hydrogen-bond acceptors (Lipinski definition) is 0. The van der Waals surface area contributed by atoms with Gasteiger partial charge in [-0.25, -0.2) is 0 Å². The highest BCUT2D eigenvalue weighted by atomic mass is 19.5. The van der Waals surface area contributed by atoms with Crippen molar-refractivity contribution in [3.8, 4) is 0 Å². The van der Waals surface area contributed by atoms with Crippen LogP contribution in [0.25, 0.3) is 0 Å². The first-order valence-electron chi connectivity index (χ1n) is 13.6. The number of rotatable bonds is 15. The third-order valence-electron chi connectivity index (χ3n) is 7.86. The summed E-state index contributed by atoms with van der Waals surface area (Å²) in [5, 5.41) is 0. The zero-order valence-corrected chi connectivity index (χ0v) is 27.0. The minimum atomic E-state index is -9.91. The average molecular weight is 1030 g/mol. The van der Waals surface area contributed by atoms with Crippen molar-refractivity contribution in [3.05, 3.63) is 34.9 Å². The zero-order valence-electron chi connectivity index (χ0n) is 27.0. The monoisotopic (exact) mass is 1030 g/mol. The summed E-state index contributed by atoms with van der Waals surface area (Å²) in [7, 11) is 0. The van der Waals surface area contributed by atoms with Crippen LogP contribution in [0.3, 0.4) is 0 Å². The molecule has 0 unspecified atom stereocenters. The molecule has 0 saturated heterocycles. The van der Waals surface area contributed by atoms with E-state index in [0.29, 0.717) is 0 Å². The van der Waals surface area contributed by atoms with Gasteiger partial charge < -0.3 is 0 Å². The Balaban J connectivity index is 4.96. The Bertz CT molecular complexity index is 1730. The van der Waals surface area contributed by atoms with Crippen molar-refractivity contribution >= 4 is 0 Å². The van der Waals surface area contributed by atoms with Gasteiger partial charge >= 0.3 is 107 Å². The maximum Gasteiger partial charge on any atom is 0.460 e. The minimum Gasteiger partial charge on any atom is -0.194 e. The number of halogens is 39. The Morgan fingerprint density at radius 3 is 0.524 bits per heavy atom. The molecule has 0 nitrogen and oxygen atoms in total. The Kier molecular flexibility index (Phi) is 13.0. The van der Waals surface area contributed by atoms with Crippen LogP contribution in [0.5, 0.6) is 0 Å². The molecule has 0 bridgehead atoms. The summed E-state index contributed by atoms with van der Waals surface area (Å²) in [5.41, 5.74) is -17.7. The van der Waals surface area contributed by atoms with E-state index < -0.39 is 142 Å². The van der Waals surface area contributed by atoms with Gasteiger partial charge in [0, 0.05) is 16.7 Å². The molecule has 39 heteroatoms. The van der Waals surface area contributed by atoms with E-state index in [1.54, 1.807) is 0 Å². The van der Waals surface area contributed by atoms with Gasteiger partial charge in [-0.3, -0.25) is 0 Å². The molecule has 0 fully saturated rings. The molecule has 0 atom stereocenters. The summed E-state index contributed by atoms with van der Waals surface area (Å²) >= 11 is 0.